The summed E-state index contributed by atoms with van der Waals surface area (Å²) < 4.78 is 5.14. The third kappa shape index (κ3) is 2.09. The number of phenolic OH excluding ortho intramolecular Hbond substituents is 1. The van der Waals surface area contributed by atoms with Gasteiger partial charge in [-0.15, -0.1) is 0 Å². The van der Waals surface area contributed by atoms with Crippen LogP contribution in [0.3, 0.4) is 0 Å². The van der Waals surface area contributed by atoms with Crippen LogP contribution in [0, 0.1) is 0 Å². The van der Waals surface area contributed by atoms with Crippen molar-refractivity contribution in [1.29, 1.82) is 0 Å². The van der Waals surface area contributed by atoms with Gasteiger partial charge in [0, 0.05) is 23.0 Å². The standard InChI is InChI=1S/C13H18ClNO2/c1-17-12-6-9(10(14)7-11(12)16)13(8-15)4-2-3-5-13/h6-7,16H,2-5,8,15H2,1H3. The van der Waals surface area contributed by atoms with E-state index in [-0.39, 0.29) is 11.2 Å². The van der Waals surface area contributed by atoms with Gasteiger partial charge in [0.05, 0.1) is 7.11 Å². The molecule has 1 saturated carbocycles. The topological polar surface area (TPSA) is 55.5 Å². The highest BCUT2D eigenvalue weighted by Crippen LogP contribution is 2.46. The molecular formula is C13H18ClNO2. The zero-order valence-electron chi connectivity index (χ0n) is 10.0. The minimum Gasteiger partial charge on any atom is -0.504 e. The lowest BCUT2D eigenvalue weighted by atomic mass is 9.79. The first-order valence-corrected chi connectivity index (χ1v) is 6.28. The number of methoxy groups -OCH3 is 1. The molecule has 0 bridgehead atoms. The molecule has 94 valence electrons. The summed E-state index contributed by atoms with van der Waals surface area (Å²) in [7, 11) is 1.54. The molecule has 0 heterocycles. The van der Waals surface area contributed by atoms with Gasteiger partial charge in [0.15, 0.2) is 11.5 Å². The van der Waals surface area contributed by atoms with Crippen molar-refractivity contribution >= 4 is 11.6 Å². The van der Waals surface area contributed by atoms with Crippen molar-refractivity contribution in [3.63, 3.8) is 0 Å². The normalized spacial score (nSPS) is 18.3. The Kier molecular flexibility index (Phi) is 3.50. The summed E-state index contributed by atoms with van der Waals surface area (Å²) in [4.78, 5) is 0. The van der Waals surface area contributed by atoms with Crippen LogP contribution in [0.15, 0.2) is 12.1 Å². The highest BCUT2D eigenvalue weighted by molar-refractivity contribution is 6.31. The van der Waals surface area contributed by atoms with Crippen LogP contribution in [0.2, 0.25) is 5.02 Å². The van der Waals surface area contributed by atoms with Gasteiger partial charge in [-0.05, 0) is 24.5 Å². The summed E-state index contributed by atoms with van der Waals surface area (Å²) in [5.74, 6) is 0.538. The number of phenols is 1. The Morgan fingerprint density at radius 1 is 1.41 bits per heavy atom. The summed E-state index contributed by atoms with van der Waals surface area (Å²) in [6.07, 6.45) is 4.46. The van der Waals surface area contributed by atoms with Gasteiger partial charge in [-0.25, -0.2) is 0 Å². The molecule has 0 radical (unpaired) electrons. The lowest BCUT2D eigenvalue weighted by Crippen LogP contribution is -2.32. The van der Waals surface area contributed by atoms with Gasteiger partial charge in [0.1, 0.15) is 0 Å². The van der Waals surface area contributed by atoms with E-state index in [0.29, 0.717) is 17.3 Å². The fourth-order valence-electron chi connectivity index (χ4n) is 2.75. The van der Waals surface area contributed by atoms with Crippen LogP contribution >= 0.6 is 11.6 Å². The average Bonchev–Trinajstić information content (AvgIpc) is 2.79. The second-order valence-electron chi connectivity index (χ2n) is 4.70. The number of nitrogens with two attached hydrogens (primary N) is 1. The number of rotatable bonds is 3. The zero-order chi connectivity index (χ0) is 12.5. The van der Waals surface area contributed by atoms with Crippen molar-refractivity contribution in [3.8, 4) is 11.5 Å². The molecule has 0 spiro atoms. The lowest BCUT2D eigenvalue weighted by Gasteiger charge is -2.29. The summed E-state index contributed by atoms with van der Waals surface area (Å²) in [5, 5.41) is 10.3. The molecule has 1 fully saturated rings. The molecule has 2 rings (SSSR count). The zero-order valence-corrected chi connectivity index (χ0v) is 10.8. The van der Waals surface area contributed by atoms with E-state index in [1.54, 1.807) is 6.07 Å². The minimum atomic E-state index is -0.0436. The van der Waals surface area contributed by atoms with Gasteiger partial charge >= 0.3 is 0 Å². The molecule has 1 aliphatic carbocycles. The number of benzene rings is 1. The predicted molar refractivity (Wildman–Crippen MR) is 68.9 cm³/mol. The van der Waals surface area contributed by atoms with E-state index in [9.17, 15) is 5.11 Å². The van der Waals surface area contributed by atoms with E-state index < -0.39 is 0 Å². The Morgan fingerprint density at radius 3 is 2.59 bits per heavy atom. The van der Waals surface area contributed by atoms with Gasteiger partial charge in [0.25, 0.3) is 0 Å². The Labute approximate surface area is 107 Å². The number of aromatic hydroxyl groups is 1. The second-order valence-corrected chi connectivity index (χ2v) is 5.10. The van der Waals surface area contributed by atoms with E-state index >= 15 is 0 Å². The van der Waals surface area contributed by atoms with Crippen LogP contribution < -0.4 is 10.5 Å². The monoisotopic (exact) mass is 255 g/mol. The number of halogens is 1. The molecular weight excluding hydrogens is 238 g/mol. The van der Waals surface area contributed by atoms with E-state index in [2.05, 4.69) is 0 Å². The van der Waals surface area contributed by atoms with E-state index in [1.807, 2.05) is 6.07 Å². The van der Waals surface area contributed by atoms with Crippen molar-refractivity contribution in [1.82, 2.24) is 0 Å². The van der Waals surface area contributed by atoms with E-state index in [1.165, 1.54) is 20.0 Å². The van der Waals surface area contributed by atoms with Crippen LogP contribution in [0.25, 0.3) is 0 Å². The lowest BCUT2D eigenvalue weighted by molar-refractivity contribution is 0.369. The van der Waals surface area contributed by atoms with Gasteiger partial charge < -0.3 is 15.6 Å². The summed E-state index contributed by atoms with van der Waals surface area (Å²) in [5.41, 5.74) is 6.90. The quantitative estimate of drug-likeness (QED) is 0.873. The maximum absolute atomic E-state index is 9.67. The van der Waals surface area contributed by atoms with Crippen molar-refractivity contribution < 1.29 is 9.84 Å². The van der Waals surface area contributed by atoms with E-state index in [4.69, 9.17) is 22.1 Å². The first kappa shape index (κ1) is 12.5. The summed E-state index contributed by atoms with van der Waals surface area (Å²) >= 11 is 6.24. The van der Waals surface area contributed by atoms with Gasteiger partial charge in [0.2, 0.25) is 0 Å². The van der Waals surface area contributed by atoms with Crippen LogP contribution in [0.1, 0.15) is 31.2 Å². The molecule has 0 aliphatic heterocycles. The van der Waals surface area contributed by atoms with Crippen LogP contribution in [-0.2, 0) is 5.41 Å². The average molecular weight is 256 g/mol. The van der Waals surface area contributed by atoms with Crippen LogP contribution in [0.5, 0.6) is 11.5 Å². The molecule has 0 unspecified atom stereocenters. The second kappa shape index (κ2) is 4.75. The van der Waals surface area contributed by atoms with Crippen LogP contribution in [-0.4, -0.2) is 18.8 Å². The highest BCUT2D eigenvalue weighted by Gasteiger charge is 2.36. The molecule has 4 heteroatoms. The van der Waals surface area contributed by atoms with Gasteiger partial charge in [-0.2, -0.15) is 0 Å². The summed E-state index contributed by atoms with van der Waals surface area (Å²) in [6.45, 7) is 0.584. The van der Waals surface area contributed by atoms with E-state index in [0.717, 1.165) is 18.4 Å². The number of ether oxygens (including phenoxy) is 1. The van der Waals surface area contributed by atoms with Crippen LogP contribution in [0.4, 0.5) is 0 Å². The molecule has 1 aromatic rings. The molecule has 0 atom stereocenters. The molecule has 1 aromatic carbocycles. The maximum atomic E-state index is 9.67. The number of hydrogen-bond acceptors (Lipinski definition) is 3. The Hall–Kier alpha value is -0.930. The predicted octanol–water partition coefficient (Wildman–Crippen LogP) is 2.82. The molecule has 0 aromatic heterocycles. The van der Waals surface area contributed by atoms with Crippen molar-refractivity contribution in [2.24, 2.45) is 5.73 Å². The molecule has 0 amide bonds. The van der Waals surface area contributed by atoms with Gasteiger partial charge in [-0.3, -0.25) is 0 Å². The molecule has 1 aliphatic rings. The van der Waals surface area contributed by atoms with Gasteiger partial charge in [-0.1, -0.05) is 24.4 Å². The van der Waals surface area contributed by atoms with Crippen molar-refractivity contribution in [3.05, 3.63) is 22.7 Å². The first-order valence-electron chi connectivity index (χ1n) is 5.90. The Balaban J connectivity index is 2.50. The Bertz CT molecular complexity index is 414. The fourth-order valence-corrected chi connectivity index (χ4v) is 3.11. The molecule has 17 heavy (non-hydrogen) atoms. The highest BCUT2D eigenvalue weighted by atomic mass is 35.5. The molecule has 3 nitrogen and oxygen atoms in total. The maximum Gasteiger partial charge on any atom is 0.160 e. The molecule has 3 N–H and O–H groups in total. The SMILES string of the molecule is COc1cc(C2(CN)CCCC2)c(Cl)cc1O. The van der Waals surface area contributed by atoms with Crippen molar-refractivity contribution in [2.75, 3.05) is 13.7 Å². The third-order valence-corrected chi connectivity index (χ3v) is 4.10. The largest absolute Gasteiger partial charge is 0.504 e. The third-order valence-electron chi connectivity index (χ3n) is 3.79. The minimum absolute atomic E-state index is 0.0436. The van der Waals surface area contributed by atoms with Crippen molar-refractivity contribution in [2.45, 2.75) is 31.1 Å². The smallest absolute Gasteiger partial charge is 0.160 e. The molecule has 0 saturated heterocycles. The summed E-state index contributed by atoms with van der Waals surface area (Å²) in [6, 6.07) is 3.38. The fraction of sp³-hybridized carbons (Fsp3) is 0.538. The first-order chi connectivity index (χ1) is 8.13. The number of hydrogen-bond donors (Lipinski definition) is 2. The Morgan fingerprint density at radius 2 is 2.06 bits per heavy atom.